The third-order valence-electron chi connectivity index (χ3n) is 4.20. The second-order valence-corrected chi connectivity index (χ2v) is 6.34. The quantitative estimate of drug-likeness (QED) is 0.569. The first kappa shape index (κ1) is 21.3. The molecule has 0 unspecified atom stereocenters. The monoisotopic (exact) mass is 428 g/mol. The molecule has 3 aromatic rings. The minimum Gasteiger partial charge on any atom is -0.310 e. The molecule has 1 aromatic carbocycles. The summed E-state index contributed by atoms with van der Waals surface area (Å²) >= 11 is 0. The van der Waals surface area contributed by atoms with Crippen LogP contribution in [0, 0.1) is 0 Å². The van der Waals surface area contributed by atoms with Gasteiger partial charge in [0.2, 0.25) is 0 Å². The summed E-state index contributed by atoms with van der Waals surface area (Å²) in [4.78, 5) is 17.9. The number of halogens is 6. The number of hydrogen-bond donors (Lipinski definition) is 0. The van der Waals surface area contributed by atoms with Gasteiger partial charge in [0.15, 0.2) is 5.69 Å². The fourth-order valence-electron chi connectivity index (χ4n) is 2.74. The molecule has 30 heavy (non-hydrogen) atoms. The van der Waals surface area contributed by atoms with E-state index >= 15 is 0 Å². The number of amides is 1. The molecule has 0 fully saturated rings. The molecule has 3 rings (SSSR count). The van der Waals surface area contributed by atoms with Gasteiger partial charge in [0.25, 0.3) is 5.91 Å². The zero-order valence-electron chi connectivity index (χ0n) is 15.4. The normalized spacial score (nSPS) is 12.1. The summed E-state index contributed by atoms with van der Waals surface area (Å²) in [5, 5.41) is 3.07. The van der Waals surface area contributed by atoms with E-state index in [1.165, 1.54) is 48.6 Å². The molecule has 0 aliphatic rings. The Morgan fingerprint density at radius 3 is 2.37 bits per heavy atom. The van der Waals surface area contributed by atoms with Crippen molar-refractivity contribution in [3.63, 3.8) is 0 Å². The van der Waals surface area contributed by atoms with Crippen LogP contribution in [0.5, 0.6) is 0 Å². The number of carbonyl (C=O) groups excluding carboxylic acids is 1. The first-order valence-corrected chi connectivity index (χ1v) is 8.46. The topological polar surface area (TPSA) is 51.0 Å². The predicted molar refractivity (Wildman–Crippen MR) is 94.7 cm³/mol. The van der Waals surface area contributed by atoms with Crippen LogP contribution in [0.4, 0.5) is 32.0 Å². The fraction of sp³-hybridized carbons (Fsp3) is 0.211. The Labute approximate surface area is 166 Å². The van der Waals surface area contributed by atoms with Gasteiger partial charge in [-0.25, -0.2) is 0 Å². The van der Waals surface area contributed by atoms with Crippen LogP contribution in [0.15, 0.2) is 54.9 Å². The third kappa shape index (κ3) is 4.61. The van der Waals surface area contributed by atoms with E-state index in [0.29, 0.717) is 5.69 Å². The Kier molecular flexibility index (Phi) is 5.55. The van der Waals surface area contributed by atoms with Crippen LogP contribution in [0.3, 0.4) is 0 Å². The highest BCUT2D eigenvalue weighted by Crippen LogP contribution is 2.35. The van der Waals surface area contributed by atoms with Gasteiger partial charge in [-0.05, 0) is 29.8 Å². The van der Waals surface area contributed by atoms with E-state index in [2.05, 4.69) is 10.1 Å². The highest BCUT2D eigenvalue weighted by molar-refractivity contribution is 6.05. The summed E-state index contributed by atoms with van der Waals surface area (Å²) in [6.45, 7) is -0.595. The highest BCUT2D eigenvalue weighted by Gasteiger charge is 2.41. The number of pyridine rings is 1. The molecule has 0 atom stereocenters. The second kappa shape index (κ2) is 7.81. The molecular weight excluding hydrogens is 414 g/mol. The Morgan fingerprint density at radius 2 is 1.77 bits per heavy atom. The summed E-state index contributed by atoms with van der Waals surface area (Å²) in [5.74, 6) is -0.461. The second-order valence-electron chi connectivity index (χ2n) is 6.34. The zero-order chi connectivity index (χ0) is 22.1. The van der Waals surface area contributed by atoms with Crippen molar-refractivity contribution in [1.82, 2.24) is 14.8 Å². The molecule has 2 aromatic heterocycles. The number of carbonyl (C=O) groups is 1. The van der Waals surface area contributed by atoms with Gasteiger partial charge in [-0.1, -0.05) is 12.1 Å². The van der Waals surface area contributed by atoms with Crippen LogP contribution in [0.25, 0.3) is 0 Å². The smallest absolute Gasteiger partial charge is 0.310 e. The standard InChI is InChI=1S/C19H14F6N4O/c1-28(14-6-3-7-26-10-14)17(30)13-5-2-4-12(8-13)11-29-16(19(23,24)25)9-15(27-29)18(20,21)22/h2-10H,11H2,1H3. The van der Waals surface area contributed by atoms with Crippen molar-refractivity contribution < 1.29 is 31.1 Å². The molecule has 158 valence electrons. The van der Waals surface area contributed by atoms with Gasteiger partial charge < -0.3 is 4.90 Å². The van der Waals surface area contributed by atoms with Gasteiger partial charge in [0.1, 0.15) is 5.69 Å². The third-order valence-corrected chi connectivity index (χ3v) is 4.20. The molecule has 0 bridgehead atoms. The van der Waals surface area contributed by atoms with Crippen molar-refractivity contribution in [3.05, 3.63) is 77.4 Å². The van der Waals surface area contributed by atoms with Gasteiger partial charge >= 0.3 is 12.4 Å². The van der Waals surface area contributed by atoms with Gasteiger partial charge in [0, 0.05) is 24.9 Å². The first-order valence-electron chi connectivity index (χ1n) is 8.46. The molecule has 0 N–H and O–H groups in total. The average Bonchev–Trinajstić information content (AvgIpc) is 3.12. The van der Waals surface area contributed by atoms with Gasteiger partial charge in [-0.3, -0.25) is 14.5 Å². The number of benzene rings is 1. The lowest BCUT2D eigenvalue weighted by molar-refractivity contribution is -0.144. The SMILES string of the molecule is CN(C(=O)c1cccc(Cn2nc(C(F)(F)F)cc2C(F)(F)F)c1)c1cccnc1. The van der Waals surface area contributed by atoms with E-state index in [0.717, 1.165) is 0 Å². The maximum absolute atomic E-state index is 13.2. The van der Waals surface area contributed by atoms with Crippen LogP contribution in [0.1, 0.15) is 27.3 Å². The molecule has 0 spiro atoms. The Hall–Kier alpha value is -3.37. The highest BCUT2D eigenvalue weighted by atomic mass is 19.4. The summed E-state index contributed by atoms with van der Waals surface area (Å²) < 4.78 is 78.2. The molecule has 0 saturated carbocycles. The Bertz CT molecular complexity index is 1040. The minimum absolute atomic E-state index is 0.0365. The molecule has 2 heterocycles. The van der Waals surface area contributed by atoms with Crippen molar-refractivity contribution in [2.45, 2.75) is 18.9 Å². The number of alkyl halides is 6. The van der Waals surface area contributed by atoms with E-state index in [4.69, 9.17) is 0 Å². The van der Waals surface area contributed by atoms with E-state index in [-0.39, 0.29) is 21.9 Å². The van der Waals surface area contributed by atoms with Crippen molar-refractivity contribution in [2.24, 2.45) is 0 Å². The Balaban J connectivity index is 1.91. The van der Waals surface area contributed by atoms with E-state index < -0.39 is 36.2 Å². The lowest BCUT2D eigenvalue weighted by Gasteiger charge is -2.17. The molecule has 0 radical (unpaired) electrons. The number of aromatic nitrogens is 3. The molecule has 1 amide bonds. The molecule has 5 nitrogen and oxygen atoms in total. The molecule has 0 aliphatic carbocycles. The van der Waals surface area contributed by atoms with E-state index in [9.17, 15) is 31.1 Å². The maximum atomic E-state index is 13.2. The summed E-state index contributed by atoms with van der Waals surface area (Å²) in [7, 11) is 1.50. The predicted octanol–water partition coefficient (Wildman–Crippen LogP) is 4.64. The molecular formula is C19H14F6N4O. The van der Waals surface area contributed by atoms with Crippen LogP contribution >= 0.6 is 0 Å². The Morgan fingerprint density at radius 1 is 1.03 bits per heavy atom. The van der Waals surface area contributed by atoms with Crippen molar-refractivity contribution in [1.29, 1.82) is 0 Å². The summed E-state index contributed by atoms with van der Waals surface area (Å²) in [6.07, 6.45) is -7.06. The largest absolute Gasteiger partial charge is 0.435 e. The number of rotatable bonds is 4. The number of nitrogens with zero attached hydrogens (tertiary/aromatic N) is 4. The van der Waals surface area contributed by atoms with E-state index in [1.807, 2.05) is 0 Å². The van der Waals surface area contributed by atoms with Gasteiger partial charge in [0.05, 0.1) is 18.4 Å². The molecule has 0 saturated heterocycles. The van der Waals surface area contributed by atoms with Crippen LogP contribution in [0.2, 0.25) is 0 Å². The van der Waals surface area contributed by atoms with E-state index in [1.54, 1.807) is 12.1 Å². The van der Waals surface area contributed by atoms with Crippen LogP contribution in [-0.2, 0) is 18.9 Å². The van der Waals surface area contributed by atoms with Gasteiger partial charge in [-0.15, -0.1) is 0 Å². The lowest BCUT2D eigenvalue weighted by atomic mass is 10.1. The summed E-state index contributed by atoms with van der Waals surface area (Å²) in [6, 6.07) is 8.83. The van der Waals surface area contributed by atoms with Crippen molar-refractivity contribution >= 4 is 11.6 Å². The number of hydrogen-bond acceptors (Lipinski definition) is 3. The number of anilines is 1. The average molecular weight is 428 g/mol. The maximum Gasteiger partial charge on any atom is 0.435 e. The van der Waals surface area contributed by atoms with Crippen LogP contribution in [-0.4, -0.2) is 27.7 Å². The summed E-state index contributed by atoms with van der Waals surface area (Å²) in [5.41, 5.74) is -2.34. The fourth-order valence-corrected chi connectivity index (χ4v) is 2.74. The molecule has 0 aliphatic heterocycles. The first-order chi connectivity index (χ1) is 14.0. The van der Waals surface area contributed by atoms with Crippen molar-refractivity contribution in [2.75, 3.05) is 11.9 Å². The molecule has 11 heteroatoms. The van der Waals surface area contributed by atoms with Crippen molar-refractivity contribution in [3.8, 4) is 0 Å². The zero-order valence-corrected chi connectivity index (χ0v) is 15.4. The lowest BCUT2D eigenvalue weighted by Crippen LogP contribution is -2.26. The van der Waals surface area contributed by atoms with Crippen LogP contribution < -0.4 is 4.90 Å². The van der Waals surface area contributed by atoms with Gasteiger partial charge in [-0.2, -0.15) is 31.4 Å². The minimum atomic E-state index is -5.02.